The van der Waals surface area contributed by atoms with Crippen molar-refractivity contribution >= 4 is 64.8 Å². The molecule has 14 heteroatoms. The molecule has 1 unspecified atom stereocenters. The summed E-state index contributed by atoms with van der Waals surface area (Å²) in [6.45, 7) is -0.799. The molecule has 2 aromatic carbocycles. The highest BCUT2D eigenvalue weighted by molar-refractivity contribution is 6.31. The largest absolute Gasteiger partial charge is 0.397 e. The number of piperazine rings is 1. The van der Waals surface area contributed by atoms with E-state index in [-0.39, 0.29) is 28.6 Å². The molecule has 0 saturated carbocycles. The predicted octanol–water partition coefficient (Wildman–Crippen LogP) is 3.15. The molecular weight excluding hydrogens is 548 g/mol. The van der Waals surface area contributed by atoms with Crippen molar-refractivity contribution in [2.75, 3.05) is 41.1 Å². The summed E-state index contributed by atoms with van der Waals surface area (Å²) in [5, 5.41) is 14.8. The first-order valence-corrected chi connectivity index (χ1v) is 12.7. The Kier molecular flexibility index (Phi) is 8.99. The molecule has 1 aromatic heterocycles. The van der Waals surface area contributed by atoms with E-state index in [1.165, 1.54) is 40.3 Å². The number of halogens is 1. The molecule has 41 heavy (non-hydrogen) atoms. The van der Waals surface area contributed by atoms with Crippen LogP contribution in [0.2, 0.25) is 5.02 Å². The van der Waals surface area contributed by atoms with Gasteiger partial charge in [-0.1, -0.05) is 47.2 Å². The number of hydrogen-bond donors (Lipinski definition) is 4. The van der Waals surface area contributed by atoms with Crippen molar-refractivity contribution in [1.82, 2.24) is 9.88 Å². The van der Waals surface area contributed by atoms with Crippen LogP contribution in [0.5, 0.6) is 0 Å². The highest BCUT2D eigenvalue weighted by Gasteiger charge is 2.39. The number of aromatic nitrogens is 1. The molecule has 3 aromatic rings. The first-order chi connectivity index (χ1) is 19.7. The number of hydrogen-bond acceptors (Lipinski definition) is 9. The van der Waals surface area contributed by atoms with Crippen molar-refractivity contribution in [3.8, 4) is 0 Å². The Morgan fingerprint density at radius 2 is 1.93 bits per heavy atom. The Bertz CT molecular complexity index is 1510. The van der Waals surface area contributed by atoms with E-state index in [1.54, 1.807) is 13.1 Å². The first-order valence-electron chi connectivity index (χ1n) is 12.4. The van der Waals surface area contributed by atoms with Crippen molar-refractivity contribution < 1.29 is 14.4 Å². The molecular formula is C27H27ClN10O3. The van der Waals surface area contributed by atoms with Gasteiger partial charge >= 0.3 is 0 Å². The van der Waals surface area contributed by atoms with E-state index in [2.05, 4.69) is 20.5 Å². The van der Waals surface area contributed by atoms with Crippen LogP contribution >= 0.6 is 11.6 Å². The van der Waals surface area contributed by atoms with Gasteiger partial charge in [0.15, 0.2) is 0 Å². The van der Waals surface area contributed by atoms with Gasteiger partial charge in [0.25, 0.3) is 0 Å². The molecule has 1 aliphatic rings. The number of benzene rings is 2. The van der Waals surface area contributed by atoms with Gasteiger partial charge in [0, 0.05) is 24.7 Å². The summed E-state index contributed by atoms with van der Waals surface area (Å²) >= 11 is 6.18. The van der Waals surface area contributed by atoms with Gasteiger partial charge in [-0.3, -0.25) is 29.7 Å². The summed E-state index contributed by atoms with van der Waals surface area (Å²) in [7, 11) is 1.57. The van der Waals surface area contributed by atoms with E-state index < -0.39 is 36.9 Å². The summed E-state index contributed by atoms with van der Waals surface area (Å²) < 4.78 is 0. The third-order valence-electron chi connectivity index (χ3n) is 6.34. The number of nitrogens with two attached hydrogens (primary N) is 1. The summed E-state index contributed by atoms with van der Waals surface area (Å²) in [4.78, 5) is 51.3. The lowest BCUT2D eigenvalue weighted by molar-refractivity contribution is -0.143. The topological polar surface area (TPSA) is 184 Å². The van der Waals surface area contributed by atoms with Crippen LogP contribution in [0.15, 0.2) is 70.9 Å². The fourth-order valence-electron chi connectivity index (χ4n) is 4.37. The molecule has 1 aliphatic heterocycles. The van der Waals surface area contributed by atoms with E-state index in [4.69, 9.17) is 28.3 Å². The molecule has 13 nitrogen and oxygen atoms in total. The Labute approximate surface area is 240 Å². The lowest BCUT2D eigenvalue weighted by Crippen LogP contribution is -2.60. The highest BCUT2D eigenvalue weighted by Crippen LogP contribution is 2.34. The summed E-state index contributed by atoms with van der Waals surface area (Å²) in [6, 6.07) is 15.7. The maximum atomic E-state index is 13.6. The van der Waals surface area contributed by atoms with E-state index in [1.807, 2.05) is 30.3 Å². The number of carbonyl (C=O) groups is 3. The predicted molar refractivity (Wildman–Crippen MR) is 157 cm³/mol. The second-order valence-corrected chi connectivity index (χ2v) is 9.40. The van der Waals surface area contributed by atoms with E-state index in [0.717, 1.165) is 16.9 Å². The lowest BCUT2D eigenvalue weighted by atomic mass is 10.0. The number of rotatable bonds is 10. The minimum atomic E-state index is -1.04. The third-order valence-corrected chi connectivity index (χ3v) is 6.57. The minimum absolute atomic E-state index is 0.145. The molecule has 5 N–H and O–H groups in total. The molecule has 1 atom stereocenters. The number of carbonyl (C=O) groups excluding carboxylic acids is 3. The molecule has 4 rings (SSSR count). The van der Waals surface area contributed by atoms with Gasteiger partial charge in [-0.25, -0.2) is 9.99 Å². The number of aliphatic imine (C=N–C) groups is 1. The number of pyridine rings is 1. The van der Waals surface area contributed by atoms with Crippen molar-refractivity contribution in [2.24, 2.45) is 10.2 Å². The highest BCUT2D eigenvalue weighted by atomic mass is 35.5. The van der Waals surface area contributed by atoms with Crippen LogP contribution in [0.3, 0.4) is 0 Å². The molecule has 0 aliphatic carbocycles. The van der Waals surface area contributed by atoms with Crippen LogP contribution in [-0.2, 0) is 20.8 Å². The quantitative estimate of drug-likeness (QED) is 0.125. The van der Waals surface area contributed by atoms with Gasteiger partial charge in [0.2, 0.25) is 17.7 Å². The zero-order valence-corrected chi connectivity index (χ0v) is 22.7. The van der Waals surface area contributed by atoms with Crippen LogP contribution < -0.4 is 21.0 Å². The first kappa shape index (κ1) is 28.8. The van der Waals surface area contributed by atoms with Crippen LogP contribution in [0.1, 0.15) is 11.3 Å². The number of anilines is 4. The zero-order valence-electron chi connectivity index (χ0n) is 22.0. The smallest absolute Gasteiger partial charge is 0.248 e. The second-order valence-electron chi connectivity index (χ2n) is 8.96. The van der Waals surface area contributed by atoms with Crippen molar-refractivity contribution in [3.05, 3.63) is 76.9 Å². The summed E-state index contributed by atoms with van der Waals surface area (Å²) in [5.41, 5.74) is 15.3. The van der Waals surface area contributed by atoms with E-state index in [0.29, 0.717) is 11.4 Å². The normalized spacial score (nSPS) is 14.2. The summed E-state index contributed by atoms with van der Waals surface area (Å²) in [5.74, 6) is -1.29. The van der Waals surface area contributed by atoms with Gasteiger partial charge in [0.05, 0.1) is 17.1 Å². The Morgan fingerprint density at radius 3 is 2.61 bits per heavy atom. The van der Waals surface area contributed by atoms with Gasteiger partial charge in [-0.2, -0.15) is 5.53 Å². The average Bonchev–Trinajstić information content (AvgIpc) is 2.96. The Morgan fingerprint density at radius 1 is 1.17 bits per heavy atom. The lowest BCUT2D eigenvalue weighted by Gasteiger charge is -2.38. The molecule has 3 amide bonds. The average molecular weight is 575 g/mol. The molecule has 210 valence electrons. The Hall–Kier alpha value is -5.17. The zero-order chi connectivity index (χ0) is 29.5. The fraction of sp³-hybridized carbons (Fsp3) is 0.185. The molecule has 1 fully saturated rings. The van der Waals surface area contributed by atoms with E-state index >= 15 is 0 Å². The van der Waals surface area contributed by atoms with Crippen molar-refractivity contribution in [1.29, 1.82) is 10.9 Å². The van der Waals surface area contributed by atoms with Gasteiger partial charge in [-0.15, -0.1) is 0 Å². The number of nitrogens with one attached hydrogen (secondary N) is 3. The van der Waals surface area contributed by atoms with Gasteiger partial charge < -0.3 is 16.0 Å². The standard InChI is InChI=1S/C27H27ClN10O3/c1-32-13-20-19(30)8-10-24(33-20)34-27(41)23(11-17-5-3-2-4-6-17)37-15-25(39)36(14-26(37)40)22-12-18(28)7-9-21(22)38(16-29)35-31/h2-10,12-13,16,23,29,31H,11,14-15,30H2,1H3,(H,33,34,41). The summed E-state index contributed by atoms with van der Waals surface area (Å²) in [6.07, 6.45) is 2.41. The van der Waals surface area contributed by atoms with Gasteiger partial charge in [0.1, 0.15) is 37.0 Å². The van der Waals surface area contributed by atoms with Crippen LogP contribution in [-0.4, -0.2) is 66.3 Å². The molecule has 0 spiro atoms. The molecule has 0 bridgehead atoms. The third kappa shape index (κ3) is 6.53. The molecule has 1 saturated heterocycles. The van der Waals surface area contributed by atoms with Crippen molar-refractivity contribution in [2.45, 2.75) is 12.5 Å². The maximum Gasteiger partial charge on any atom is 0.248 e. The number of nitrogen functional groups attached to an aromatic ring is 1. The molecule has 0 radical (unpaired) electrons. The maximum absolute atomic E-state index is 13.6. The van der Waals surface area contributed by atoms with E-state index in [9.17, 15) is 14.4 Å². The number of nitrogens with zero attached hydrogens (tertiary/aromatic N) is 6. The fourth-order valence-corrected chi connectivity index (χ4v) is 4.53. The minimum Gasteiger partial charge on any atom is -0.397 e. The van der Waals surface area contributed by atoms with Crippen molar-refractivity contribution in [3.63, 3.8) is 0 Å². The number of amides is 3. The monoisotopic (exact) mass is 574 g/mol. The van der Waals surface area contributed by atoms with Gasteiger partial charge in [-0.05, 0) is 35.9 Å². The SMILES string of the molecule is CN=Cc1nc(NC(=O)C(Cc2ccccc2)N2CC(=O)N(c3cc(Cl)ccc3N(C=N)N=N)CC2=O)ccc1N. The Balaban J connectivity index is 1.64. The van der Waals surface area contributed by atoms with Crippen LogP contribution in [0.25, 0.3) is 0 Å². The van der Waals surface area contributed by atoms with Crippen LogP contribution in [0.4, 0.5) is 22.9 Å². The second kappa shape index (κ2) is 12.8. The van der Waals surface area contributed by atoms with Crippen LogP contribution in [0, 0.1) is 10.9 Å². The molecule has 2 heterocycles.